The van der Waals surface area contributed by atoms with Gasteiger partial charge in [0.2, 0.25) is 0 Å². The van der Waals surface area contributed by atoms with Crippen LogP contribution in [-0.2, 0) is 9.47 Å². The van der Waals surface area contributed by atoms with E-state index in [0.29, 0.717) is 12.0 Å². The van der Waals surface area contributed by atoms with Crippen molar-refractivity contribution in [2.24, 2.45) is 5.92 Å². The van der Waals surface area contributed by atoms with Crippen molar-refractivity contribution in [3.05, 3.63) is 0 Å². The first kappa shape index (κ1) is 12.0. The summed E-state index contributed by atoms with van der Waals surface area (Å²) in [5, 5.41) is 3.31. The summed E-state index contributed by atoms with van der Waals surface area (Å²) in [6.07, 6.45) is 1.15. The molecule has 0 radical (unpaired) electrons. The van der Waals surface area contributed by atoms with Crippen LogP contribution < -0.4 is 5.32 Å². The standard InChI is InChI=1S/C11H23NO2/c1-11(2,3)14-8-10(12-4)9-5-6-13-7-9/h9-10,12H,5-8H2,1-4H3. The van der Waals surface area contributed by atoms with Crippen LogP contribution in [0.15, 0.2) is 0 Å². The molecular formula is C11H23NO2. The zero-order chi connectivity index (χ0) is 10.6. The van der Waals surface area contributed by atoms with E-state index in [0.717, 1.165) is 26.2 Å². The van der Waals surface area contributed by atoms with Crippen LogP contribution in [0.1, 0.15) is 27.2 Å². The van der Waals surface area contributed by atoms with Crippen molar-refractivity contribution in [2.45, 2.75) is 38.8 Å². The molecule has 0 aromatic carbocycles. The predicted molar refractivity (Wildman–Crippen MR) is 57.5 cm³/mol. The highest BCUT2D eigenvalue weighted by molar-refractivity contribution is 4.79. The largest absolute Gasteiger partial charge is 0.381 e. The molecule has 0 aromatic heterocycles. The maximum Gasteiger partial charge on any atom is 0.0630 e. The Balaban J connectivity index is 2.31. The van der Waals surface area contributed by atoms with Crippen molar-refractivity contribution < 1.29 is 9.47 Å². The number of hydrogen-bond donors (Lipinski definition) is 1. The summed E-state index contributed by atoms with van der Waals surface area (Å²) in [4.78, 5) is 0. The monoisotopic (exact) mass is 201 g/mol. The quantitative estimate of drug-likeness (QED) is 0.746. The molecule has 3 nitrogen and oxygen atoms in total. The maximum absolute atomic E-state index is 5.78. The molecule has 1 saturated heterocycles. The molecule has 0 aromatic rings. The summed E-state index contributed by atoms with van der Waals surface area (Å²) in [5.41, 5.74) is -0.0471. The second kappa shape index (κ2) is 5.10. The van der Waals surface area contributed by atoms with E-state index in [-0.39, 0.29) is 5.60 Å². The lowest BCUT2D eigenvalue weighted by Crippen LogP contribution is -2.40. The summed E-state index contributed by atoms with van der Waals surface area (Å²) in [6.45, 7) is 8.81. The van der Waals surface area contributed by atoms with Gasteiger partial charge in [0, 0.05) is 18.6 Å². The van der Waals surface area contributed by atoms with Crippen molar-refractivity contribution in [3.8, 4) is 0 Å². The van der Waals surface area contributed by atoms with Gasteiger partial charge in [-0.3, -0.25) is 0 Å². The zero-order valence-electron chi connectivity index (χ0n) is 9.80. The van der Waals surface area contributed by atoms with Gasteiger partial charge in [0.05, 0.1) is 18.8 Å². The van der Waals surface area contributed by atoms with Crippen LogP contribution in [0, 0.1) is 5.92 Å². The molecule has 1 heterocycles. The summed E-state index contributed by atoms with van der Waals surface area (Å²) in [6, 6.07) is 0.428. The fraction of sp³-hybridized carbons (Fsp3) is 1.00. The van der Waals surface area contributed by atoms with Crippen LogP contribution in [0.25, 0.3) is 0 Å². The highest BCUT2D eigenvalue weighted by Crippen LogP contribution is 2.18. The molecule has 1 aliphatic heterocycles. The SMILES string of the molecule is CNC(COC(C)(C)C)C1CCOC1. The molecular weight excluding hydrogens is 178 g/mol. The molecule has 84 valence electrons. The maximum atomic E-state index is 5.78. The molecule has 0 bridgehead atoms. The van der Waals surface area contributed by atoms with Gasteiger partial charge in [-0.05, 0) is 34.2 Å². The average Bonchev–Trinajstić information content (AvgIpc) is 2.56. The third-order valence-electron chi connectivity index (χ3n) is 2.60. The van der Waals surface area contributed by atoms with Gasteiger partial charge >= 0.3 is 0 Å². The summed E-state index contributed by atoms with van der Waals surface area (Å²) >= 11 is 0. The number of hydrogen-bond acceptors (Lipinski definition) is 3. The van der Waals surface area contributed by atoms with E-state index in [1.807, 2.05) is 7.05 Å². The van der Waals surface area contributed by atoms with Crippen molar-refractivity contribution in [2.75, 3.05) is 26.9 Å². The molecule has 1 rings (SSSR count). The molecule has 0 amide bonds. The summed E-state index contributed by atoms with van der Waals surface area (Å²) in [7, 11) is 2.00. The first-order valence-corrected chi connectivity index (χ1v) is 5.42. The highest BCUT2D eigenvalue weighted by atomic mass is 16.5. The van der Waals surface area contributed by atoms with Crippen molar-refractivity contribution >= 4 is 0 Å². The Morgan fingerprint density at radius 3 is 2.64 bits per heavy atom. The normalized spacial score (nSPS) is 25.3. The van der Waals surface area contributed by atoms with Gasteiger partial charge in [0.1, 0.15) is 0 Å². The van der Waals surface area contributed by atoms with Crippen molar-refractivity contribution in [1.82, 2.24) is 5.32 Å². The smallest absolute Gasteiger partial charge is 0.0630 e. The molecule has 14 heavy (non-hydrogen) atoms. The van der Waals surface area contributed by atoms with Crippen molar-refractivity contribution in [1.29, 1.82) is 0 Å². The Morgan fingerprint density at radius 1 is 1.50 bits per heavy atom. The topological polar surface area (TPSA) is 30.5 Å². The number of likely N-dealkylation sites (N-methyl/N-ethyl adjacent to an activating group) is 1. The van der Waals surface area contributed by atoms with E-state index in [1.165, 1.54) is 0 Å². The van der Waals surface area contributed by atoms with Gasteiger partial charge < -0.3 is 14.8 Å². The van der Waals surface area contributed by atoms with Crippen molar-refractivity contribution in [3.63, 3.8) is 0 Å². The Labute approximate surface area is 87.2 Å². The van der Waals surface area contributed by atoms with E-state index in [2.05, 4.69) is 26.1 Å². The van der Waals surface area contributed by atoms with E-state index in [9.17, 15) is 0 Å². The van der Waals surface area contributed by atoms with Gasteiger partial charge in [-0.25, -0.2) is 0 Å². The lowest BCUT2D eigenvalue weighted by atomic mass is 10.00. The molecule has 3 heteroatoms. The second-order valence-corrected chi connectivity index (χ2v) is 4.94. The van der Waals surface area contributed by atoms with E-state index in [1.54, 1.807) is 0 Å². The Bertz CT molecular complexity index is 159. The van der Waals surface area contributed by atoms with E-state index in [4.69, 9.17) is 9.47 Å². The lowest BCUT2D eigenvalue weighted by Gasteiger charge is -2.27. The van der Waals surface area contributed by atoms with Crippen LogP contribution in [-0.4, -0.2) is 38.5 Å². The van der Waals surface area contributed by atoms with E-state index < -0.39 is 0 Å². The molecule has 0 aliphatic carbocycles. The van der Waals surface area contributed by atoms with Gasteiger partial charge in [-0.1, -0.05) is 0 Å². The van der Waals surface area contributed by atoms with Gasteiger partial charge in [0.25, 0.3) is 0 Å². The zero-order valence-corrected chi connectivity index (χ0v) is 9.80. The van der Waals surface area contributed by atoms with Crippen LogP contribution in [0.2, 0.25) is 0 Å². The first-order chi connectivity index (χ1) is 6.53. The molecule has 2 unspecified atom stereocenters. The minimum absolute atomic E-state index is 0.0471. The minimum Gasteiger partial charge on any atom is -0.381 e. The fourth-order valence-corrected chi connectivity index (χ4v) is 1.66. The summed E-state index contributed by atoms with van der Waals surface area (Å²) in [5.74, 6) is 0.613. The summed E-state index contributed by atoms with van der Waals surface area (Å²) < 4.78 is 11.2. The van der Waals surface area contributed by atoms with Gasteiger partial charge in [0.15, 0.2) is 0 Å². The number of ether oxygens (including phenoxy) is 2. The van der Waals surface area contributed by atoms with Gasteiger partial charge in [-0.2, -0.15) is 0 Å². The molecule has 1 fully saturated rings. The average molecular weight is 201 g/mol. The molecule has 0 spiro atoms. The Morgan fingerprint density at radius 2 is 2.21 bits per heavy atom. The third-order valence-corrected chi connectivity index (χ3v) is 2.60. The predicted octanol–water partition coefficient (Wildman–Crippen LogP) is 1.43. The molecule has 0 saturated carbocycles. The number of rotatable bonds is 4. The second-order valence-electron chi connectivity index (χ2n) is 4.94. The Kier molecular flexibility index (Phi) is 4.35. The lowest BCUT2D eigenvalue weighted by molar-refractivity contribution is -0.0217. The van der Waals surface area contributed by atoms with Crippen LogP contribution in [0.3, 0.4) is 0 Å². The minimum atomic E-state index is -0.0471. The highest BCUT2D eigenvalue weighted by Gasteiger charge is 2.26. The molecule has 2 atom stereocenters. The third kappa shape index (κ3) is 3.95. The van der Waals surface area contributed by atoms with Crippen LogP contribution in [0.5, 0.6) is 0 Å². The van der Waals surface area contributed by atoms with Crippen LogP contribution in [0.4, 0.5) is 0 Å². The fourth-order valence-electron chi connectivity index (χ4n) is 1.66. The first-order valence-electron chi connectivity index (χ1n) is 5.42. The Hall–Kier alpha value is -0.120. The number of nitrogens with one attached hydrogen (secondary N) is 1. The molecule has 1 aliphatic rings. The molecule has 1 N–H and O–H groups in total. The van der Waals surface area contributed by atoms with Gasteiger partial charge in [-0.15, -0.1) is 0 Å². The van der Waals surface area contributed by atoms with E-state index >= 15 is 0 Å². The van der Waals surface area contributed by atoms with Crippen LogP contribution >= 0.6 is 0 Å².